The van der Waals surface area contributed by atoms with Gasteiger partial charge in [0.05, 0.1) is 11.8 Å². The molecule has 17 heavy (non-hydrogen) atoms. The average Bonchev–Trinajstić information content (AvgIpc) is 2.29. The molecule has 1 aliphatic rings. The molecule has 2 rings (SSSR count). The van der Waals surface area contributed by atoms with Gasteiger partial charge < -0.3 is 4.90 Å². The second-order valence-corrected chi connectivity index (χ2v) is 5.44. The van der Waals surface area contributed by atoms with Crippen molar-refractivity contribution in [3.05, 3.63) is 34.9 Å². The standard InChI is InChI=1S/C13H15Cl2NO/c14-11-4-1-3-10(7-11)8-13(17)16-6-2-5-12(15)9-16/h1,3-4,7,12H,2,5-6,8-9H2. The highest BCUT2D eigenvalue weighted by Gasteiger charge is 2.21. The van der Waals surface area contributed by atoms with E-state index in [1.807, 2.05) is 29.2 Å². The summed E-state index contributed by atoms with van der Waals surface area (Å²) in [6.07, 6.45) is 2.40. The topological polar surface area (TPSA) is 20.3 Å². The molecule has 1 heterocycles. The van der Waals surface area contributed by atoms with Crippen molar-refractivity contribution in [3.8, 4) is 0 Å². The number of halogens is 2. The predicted octanol–water partition coefficient (Wildman–Crippen LogP) is 3.11. The first-order valence-electron chi connectivity index (χ1n) is 5.81. The highest BCUT2D eigenvalue weighted by Crippen LogP contribution is 2.17. The van der Waals surface area contributed by atoms with E-state index in [1.165, 1.54) is 0 Å². The second-order valence-electron chi connectivity index (χ2n) is 4.39. The molecular formula is C13H15Cl2NO. The highest BCUT2D eigenvalue weighted by molar-refractivity contribution is 6.30. The Kier molecular flexibility index (Phi) is 4.30. The molecule has 1 unspecified atom stereocenters. The quantitative estimate of drug-likeness (QED) is 0.757. The molecule has 1 amide bonds. The molecule has 0 saturated carbocycles. The zero-order valence-corrected chi connectivity index (χ0v) is 11.0. The van der Waals surface area contributed by atoms with Gasteiger partial charge in [-0.05, 0) is 30.5 Å². The summed E-state index contributed by atoms with van der Waals surface area (Å²) >= 11 is 12.0. The molecule has 1 fully saturated rings. The number of carbonyl (C=O) groups excluding carboxylic acids is 1. The summed E-state index contributed by atoms with van der Waals surface area (Å²) in [4.78, 5) is 13.9. The first-order valence-corrected chi connectivity index (χ1v) is 6.63. The molecular weight excluding hydrogens is 257 g/mol. The zero-order chi connectivity index (χ0) is 12.3. The number of alkyl halides is 1. The van der Waals surface area contributed by atoms with Crippen LogP contribution in [0, 0.1) is 0 Å². The van der Waals surface area contributed by atoms with Crippen LogP contribution in [0.15, 0.2) is 24.3 Å². The van der Waals surface area contributed by atoms with Crippen molar-refractivity contribution in [2.24, 2.45) is 0 Å². The monoisotopic (exact) mass is 271 g/mol. The normalized spacial score (nSPS) is 20.4. The number of amides is 1. The van der Waals surface area contributed by atoms with Crippen molar-refractivity contribution >= 4 is 29.1 Å². The van der Waals surface area contributed by atoms with Crippen molar-refractivity contribution in [3.63, 3.8) is 0 Å². The van der Waals surface area contributed by atoms with Crippen molar-refractivity contribution in [2.45, 2.75) is 24.6 Å². The van der Waals surface area contributed by atoms with Crippen LogP contribution in [0.25, 0.3) is 0 Å². The van der Waals surface area contributed by atoms with Gasteiger partial charge in [-0.15, -0.1) is 11.6 Å². The van der Waals surface area contributed by atoms with E-state index >= 15 is 0 Å². The maximum atomic E-state index is 12.0. The molecule has 1 saturated heterocycles. The fraction of sp³-hybridized carbons (Fsp3) is 0.462. The summed E-state index contributed by atoms with van der Waals surface area (Å²) in [6, 6.07) is 7.43. The van der Waals surface area contributed by atoms with E-state index in [-0.39, 0.29) is 11.3 Å². The molecule has 92 valence electrons. The summed E-state index contributed by atoms with van der Waals surface area (Å²) in [5.41, 5.74) is 0.958. The summed E-state index contributed by atoms with van der Waals surface area (Å²) in [6.45, 7) is 1.49. The van der Waals surface area contributed by atoms with Crippen molar-refractivity contribution in [2.75, 3.05) is 13.1 Å². The van der Waals surface area contributed by atoms with Crippen LogP contribution >= 0.6 is 23.2 Å². The van der Waals surface area contributed by atoms with Gasteiger partial charge >= 0.3 is 0 Å². The molecule has 0 N–H and O–H groups in total. The third-order valence-electron chi connectivity index (χ3n) is 2.96. The number of carbonyl (C=O) groups is 1. The number of nitrogens with zero attached hydrogens (tertiary/aromatic N) is 1. The molecule has 1 aliphatic heterocycles. The zero-order valence-electron chi connectivity index (χ0n) is 9.53. The predicted molar refractivity (Wildman–Crippen MR) is 70.6 cm³/mol. The van der Waals surface area contributed by atoms with Crippen LogP contribution in [0.1, 0.15) is 18.4 Å². The number of likely N-dealkylation sites (tertiary alicyclic amines) is 1. The van der Waals surface area contributed by atoms with Crippen LogP contribution in [0.3, 0.4) is 0 Å². The van der Waals surface area contributed by atoms with Gasteiger partial charge in [0, 0.05) is 18.1 Å². The molecule has 0 bridgehead atoms. The Morgan fingerprint density at radius 2 is 2.29 bits per heavy atom. The van der Waals surface area contributed by atoms with Crippen LogP contribution in [0.5, 0.6) is 0 Å². The fourth-order valence-electron chi connectivity index (χ4n) is 2.09. The molecule has 0 aliphatic carbocycles. The Labute approximate surface area is 112 Å². The van der Waals surface area contributed by atoms with Crippen LogP contribution in [-0.4, -0.2) is 29.3 Å². The number of rotatable bonds is 2. The van der Waals surface area contributed by atoms with Gasteiger partial charge in [-0.2, -0.15) is 0 Å². The Morgan fingerprint density at radius 1 is 1.47 bits per heavy atom. The fourth-order valence-corrected chi connectivity index (χ4v) is 2.62. The maximum absolute atomic E-state index is 12.0. The number of benzene rings is 1. The molecule has 0 radical (unpaired) electrons. The van der Waals surface area contributed by atoms with Crippen molar-refractivity contribution < 1.29 is 4.79 Å². The van der Waals surface area contributed by atoms with Crippen LogP contribution in [0.4, 0.5) is 0 Å². The maximum Gasteiger partial charge on any atom is 0.227 e. The SMILES string of the molecule is O=C(Cc1cccc(Cl)c1)N1CCCC(Cl)C1. The third-order valence-corrected chi connectivity index (χ3v) is 3.55. The molecule has 2 nitrogen and oxygen atoms in total. The number of hydrogen-bond acceptors (Lipinski definition) is 1. The molecule has 4 heteroatoms. The van der Waals surface area contributed by atoms with E-state index < -0.39 is 0 Å². The summed E-state index contributed by atoms with van der Waals surface area (Å²) < 4.78 is 0. The van der Waals surface area contributed by atoms with Gasteiger partial charge in [0.2, 0.25) is 5.91 Å². The lowest BCUT2D eigenvalue weighted by molar-refractivity contribution is -0.131. The lowest BCUT2D eigenvalue weighted by atomic mass is 10.1. The minimum absolute atomic E-state index is 0.104. The summed E-state index contributed by atoms with van der Waals surface area (Å²) in [5.74, 6) is 0.137. The van der Waals surface area contributed by atoms with Gasteiger partial charge in [-0.1, -0.05) is 23.7 Å². The molecule has 1 aromatic carbocycles. The van der Waals surface area contributed by atoms with Crippen molar-refractivity contribution in [1.29, 1.82) is 0 Å². The van der Waals surface area contributed by atoms with Gasteiger partial charge in [0.25, 0.3) is 0 Å². The largest absolute Gasteiger partial charge is 0.341 e. The van der Waals surface area contributed by atoms with E-state index in [4.69, 9.17) is 23.2 Å². The molecule has 1 aromatic rings. The minimum Gasteiger partial charge on any atom is -0.341 e. The van der Waals surface area contributed by atoms with E-state index in [9.17, 15) is 4.79 Å². The van der Waals surface area contributed by atoms with Crippen LogP contribution in [0.2, 0.25) is 5.02 Å². The van der Waals surface area contributed by atoms with Gasteiger partial charge in [0.1, 0.15) is 0 Å². The second kappa shape index (κ2) is 5.74. The van der Waals surface area contributed by atoms with E-state index in [1.54, 1.807) is 0 Å². The smallest absolute Gasteiger partial charge is 0.227 e. The Morgan fingerprint density at radius 3 is 3.00 bits per heavy atom. The Bertz CT molecular complexity index is 408. The summed E-state index contributed by atoms with van der Waals surface area (Å²) in [7, 11) is 0. The van der Waals surface area contributed by atoms with Gasteiger partial charge in [-0.25, -0.2) is 0 Å². The van der Waals surface area contributed by atoms with E-state index in [2.05, 4.69) is 0 Å². The highest BCUT2D eigenvalue weighted by atomic mass is 35.5. The lowest BCUT2D eigenvalue weighted by Crippen LogP contribution is -2.41. The van der Waals surface area contributed by atoms with Crippen molar-refractivity contribution in [1.82, 2.24) is 4.90 Å². The third kappa shape index (κ3) is 3.62. The molecule has 1 atom stereocenters. The van der Waals surface area contributed by atoms with E-state index in [0.717, 1.165) is 24.9 Å². The summed E-state index contributed by atoms with van der Waals surface area (Å²) in [5, 5.41) is 0.774. The van der Waals surface area contributed by atoms with Crippen LogP contribution in [-0.2, 0) is 11.2 Å². The Hall–Kier alpha value is -0.730. The van der Waals surface area contributed by atoms with E-state index in [0.29, 0.717) is 18.0 Å². The van der Waals surface area contributed by atoms with Gasteiger partial charge in [-0.3, -0.25) is 4.79 Å². The number of hydrogen-bond donors (Lipinski definition) is 0. The minimum atomic E-state index is 0.104. The average molecular weight is 272 g/mol. The Balaban J connectivity index is 1.96. The first-order chi connectivity index (χ1) is 8.15. The molecule has 0 aromatic heterocycles. The first kappa shape index (κ1) is 12.7. The van der Waals surface area contributed by atoms with Gasteiger partial charge in [0.15, 0.2) is 0 Å². The molecule has 0 spiro atoms. The number of piperidine rings is 1. The lowest BCUT2D eigenvalue weighted by Gasteiger charge is -2.29. The van der Waals surface area contributed by atoms with Crippen LogP contribution < -0.4 is 0 Å².